The number of aromatic amines is 1. The molecule has 0 atom stereocenters. The predicted molar refractivity (Wildman–Crippen MR) is 92.1 cm³/mol. The summed E-state index contributed by atoms with van der Waals surface area (Å²) in [6, 6.07) is 10.8. The molecule has 0 aliphatic carbocycles. The van der Waals surface area contributed by atoms with Crippen molar-refractivity contribution in [3.8, 4) is 0 Å². The van der Waals surface area contributed by atoms with Crippen LogP contribution in [0.25, 0.3) is 0 Å². The fraction of sp³-hybridized carbons (Fsp3) is 0.333. The van der Waals surface area contributed by atoms with Crippen molar-refractivity contribution in [3.63, 3.8) is 0 Å². The second-order valence-corrected chi connectivity index (χ2v) is 6.11. The molecule has 1 amide bonds. The summed E-state index contributed by atoms with van der Waals surface area (Å²) in [4.78, 5) is 28.0. The minimum absolute atomic E-state index is 0.221. The highest BCUT2D eigenvalue weighted by molar-refractivity contribution is 6.04. The van der Waals surface area contributed by atoms with Gasteiger partial charge < -0.3 is 15.2 Å². The molecule has 2 aromatic rings. The third-order valence-electron chi connectivity index (χ3n) is 4.32. The van der Waals surface area contributed by atoms with Gasteiger partial charge in [0, 0.05) is 36.7 Å². The lowest BCUT2D eigenvalue weighted by Gasteiger charge is -2.32. The quantitative estimate of drug-likeness (QED) is 0.916. The van der Waals surface area contributed by atoms with Gasteiger partial charge in [-0.25, -0.2) is 0 Å². The summed E-state index contributed by atoms with van der Waals surface area (Å²) in [5.74, 6) is 0.572. The number of amides is 1. The smallest absolute Gasteiger partial charge is 0.257 e. The van der Waals surface area contributed by atoms with Crippen molar-refractivity contribution < 1.29 is 4.79 Å². The van der Waals surface area contributed by atoms with Gasteiger partial charge in [0.1, 0.15) is 0 Å². The van der Waals surface area contributed by atoms with E-state index in [1.54, 1.807) is 0 Å². The van der Waals surface area contributed by atoms with E-state index in [-0.39, 0.29) is 11.5 Å². The van der Waals surface area contributed by atoms with Gasteiger partial charge in [-0.3, -0.25) is 9.59 Å². The van der Waals surface area contributed by atoms with Gasteiger partial charge in [0.25, 0.3) is 5.91 Å². The Bertz CT molecular complexity index is 708. The molecule has 1 aliphatic heterocycles. The molecule has 1 saturated heterocycles. The maximum atomic E-state index is 12.1. The highest BCUT2D eigenvalue weighted by atomic mass is 16.1. The van der Waals surface area contributed by atoms with Crippen LogP contribution in [-0.4, -0.2) is 24.0 Å². The van der Waals surface area contributed by atoms with Gasteiger partial charge in [-0.1, -0.05) is 6.92 Å². The first-order valence-corrected chi connectivity index (χ1v) is 7.97. The van der Waals surface area contributed by atoms with E-state index in [1.807, 2.05) is 24.3 Å². The topological polar surface area (TPSA) is 65.2 Å². The molecule has 0 radical (unpaired) electrons. The minimum Gasteiger partial charge on any atom is -0.372 e. The maximum Gasteiger partial charge on any atom is 0.257 e. The van der Waals surface area contributed by atoms with E-state index >= 15 is 0 Å². The fourth-order valence-corrected chi connectivity index (χ4v) is 2.78. The molecular formula is C18H21N3O2. The molecule has 2 heterocycles. The zero-order valence-corrected chi connectivity index (χ0v) is 13.2. The van der Waals surface area contributed by atoms with Crippen molar-refractivity contribution in [1.29, 1.82) is 0 Å². The minimum atomic E-state index is -0.235. The third-order valence-corrected chi connectivity index (χ3v) is 4.32. The summed E-state index contributed by atoms with van der Waals surface area (Å²) in [6.07, 6.45) is 3.87. The lowest BCUT2D eigenvalue weighted by Crippen LogP contribution is -2.32. The molecular weight excluding hydrogens is 290 g/mol. The Balaban J connectivity index is 1.64. The van der Waals surface area contributed by atoms with Crippen LogP contribution in [0.5, 0.6) is 0 Å². The number of benzene rings is 1. The van der Waals surface area contributed by atoms with Gasteiger partial charge >= 0.3 is 0 Å². The lowest BCUT2D eigenvalue weighted by atomic mass is 9.99. The number of piperidine rings is 1. The molecule has 1 aromatic heterocycles. The molecule has 5 nitrogen and oxygen atoms in total. The molecule has 3 rings (SSSR count). The second kappa shape index (κ2) is 6.69. The van der Waals surface area contributed by atoms with Crippen LogP contribution in [0.2, 0.25) is 0 Å². The monoisotopic (exact) mass is 311 g/mol. The standard InChI is InChI=1S/C18H21N3O2/c1-13-8-10-21(11-9-13)16-5-3-15(4-6-16)20-18(23)14-2-7-17(22)19-12-14/h2-7,12-13H,8-11H2,1H3,(H,19,22)(H,20,23). The molecule has 0 unspecified atom stereocenters. The zero-order valence-electron chi connectivity index (χ0n) is 13.2. The number of pyridine rings is 1. The normalized spacial score (nSPS) is 15.4. The Morgan fingerprint density at radius 1 is 1.13 bits per heavy atom. The number of anilines is 2. The number of H-pyrrole nitrogens is 1. The van der Waals surface area contributed by atoms with E-state index in [9.17, 15) is 9.59 Å². The van der Waals surface area contributed by atoms with Crippen molar-refractivity contribution in [3.05, 3.63) is 58.5 Å². The molecule has 2 N–H and O–H groups in total. The first-order chi connectivity index (χ1) is 11.1. The molecule has 0 spiro atoms. The summed E-state index contributed by atoms with van der Waals surface area (Å²) in [5.41, 5.74) is 2.15. The SMILES string of the molecule is CC1CCN(c2ccc(NC(=O)c3ccc(=O)[nH]c3)cc2)CC1. The van der Waals surface area contributed by atoms with Crippen LogP contribution in [0.1, 0.15) is 30.1 Å². The van der Waals surface area contributed by atoms with Crippen molar-refractivity contribution >= 4 is 17.3 Å². The van der Waals surface area contributed by atoms with Gasteiger partial charge in [0.05, 0.1) is 5.56 Å². The summed E-state index contributed by atoms with van der Waals surface area (Å²) >= 11 is 0. The number of rotatable bonds is 3. The Hall–Kier alpha value is -2.56. The Morgan fingerprint density at radius 2 is 1.83 bits per heavy atom. The molecule has 23 heavy (non-hydrogen) atoms. The van der Waals surface area contributed by atoms with E-state index in [4.69, 9.17) is 0 Å². The van der Waals surface area contributed by atoms with E-state index in [1.165, 1.54) is 36.9 Å². The third kappa shape index (κ3) is 3.80. The predicted octanol–water partition coefficient (Wildman–Crippen LogP) is 2.86. The fourth-order valence-electron chi connectivity index (χ4n) is 2.78. The number of carbonyl (C=O) groups excluding carboxylic acids is 1. The molecule has 0 saturated carbocycles. The number of hydrogen-bond acceptors (Lipinski definition) is 3. The molecule has 5 heteroatoms. The molecule has 1 aliphatic rings. The van der Waals surface area contributed by atoms with Crippen molar-refractivity contribution in [2.45, 2.75) is 19.8 Å². The Kier molecular flexibility index (Phi) is 4.46. The van der Waals surface area contributed by atoms with Gasteiger partial charge in [0.15, 0.2) is 0 Å². The highest BCUT2D eigenvalue weighted by Crippen LogP contribution is 2.24. The van der Waals surface area contributed by atoms with E-state index in [2.05, 4.69) is 22.1 Å². The number of carbonyl (C=O) groups is 1. The van der Waals surface area contributed by atoms with Crippen molar-refractivity contribution in [2.75, 3.05) is 23.3 Å². The lowest BCUT2D eigenvalue weighted by molar-refractivity contribution is 0.102. The molecule has 1 fully saturated rings. The van der Waals surface area contributed by atoms with Crippen molar-refractivity contribution in [1.82, 2.24) is 4.98 Å². The average Bonchev–Trinajstić information content (AvgIpc) is 2.57. The van der Waals surface area contributed by atoms with E-state index < -0.39 is 0 Å². The summed E-state index contributed by atoms with van der Waals surface area (Å²) in [6.45, 7) is 4.47. The van der Waals surface area contributed by atoms with E-state index in [0.29, 0.717) is 5.56 Å². The van der Waals surface area contributed by atoms with Crippen LogP contribution in [-0.2, 0) is 0 Å². The number of aromatic nitrogens is 1. The van der Waals surface area contributed by atoms with Gasteiger partial charge in [0.2, 0.25) is 5.56 Å². The maximum absolute atomic E-state index is 12.1. The number of nitrogens with zero attached hydrogens (tertiary/aromatic N) is 1. The van der Waals surface area contributed by atoms with Crippen LogP contribution in [0.15, 0.2) is 47.4 Å². The first kappa shape index (κ1) is 15.3. The van der Waals surface area contributed by atoms with Crippen LogP contribution in [0.4, 0.5) is 11.4 Å². The zero-order chi connectivity index (χ0) is 16.2. The molecule has 1 aromatic carbocycles. The Morgan fingerprint density at radius 3 is 2.43 bits per heavy atom. The van der Waals surface area contributed by atoms with Gasteiger partial charge in [-0.05, 0) is 49.1 Å². The Labute approximate surface area is 135 Å². The first-order valence-electron chi connectivity index (χ1n) is 7.97. The van der Waals surface area contributed by atoms with Gasteiger partial charge in [-0.15, -0.1) is 0 Å². The summed E-state index contributed by atoms with van der Waals surface area (Å²) in [7, 11) is 0. The van der Waals surface area contributed by atoms with E-state index in [0.717, 1.165) is 24.7 Å². The average molecular weight is 311 g/mol. The van der Waals surface area contributed by atoms with Gasteiger partial charge in [-0.2, -0.15) is 0 Å². The summed E-state index contributed by atoms with van der Waals surface area (Å²) < 4.78 is 0. The number of hydrogen-bond donors (Lipinski definition) is 2. The van der Waals surface area contributed by atoms with Crippen LogP contribution in [0.3, 0.4) is 0 Å². The second-order valence-electron chi connectivity index (χ2n) is 6.11. The van der Waals surface area contributed by atoms with Crippen molar-refractivity contribution in [2.24, 2.45) is 5.92 Å². The van der Waals surface area contributed by atoms with Crippen LogP contribution >= 0.6 is 0 Å². The molecule has 0 bridgehead atoms. The highest BCUT2D eigenvalue weighted by Gasteiger charge is 2.16. The number of nitrogens with one attached hydrogen (secondary N) is 2. The molecule has 120 valence electrons. The van der Waals surface area contributed by atoms with Crippen LogP contribution in [0, 0.1) is 5.92 Å². The largest absolute Gasteiger partial charge is 0.372 e. The summed E-state index contributed by atoms with van der Waals surface area (Å²) in [5, 5.41) is 2.84. The van der Waals surface area contributed by atoms with Crippen LogP contribution < -0.4 is 15.8 Å².